The van der Waals surface area contributed by atoms with Gasteiger partial charge in [-0.3, -0.25) is 0 Å². The highest BCUT2D eigenvalue weighted by Crippen LogP contribution is 2.36. The summed E-state index contributed by atoms with van der Waals surface area (Å²) in [6.07, 6.45) is -0.650. The summed E-state index contributed by atoms with van der Waals surface area (Å²) < 4.78 is 10.7. The highest BCUT2D eigenvalue weighted by atomic mass is 16.7. The van der Waals surface area contributed by atoms with Gasteiger partial charge in [-0.2, -0.15) is 0 Å². The Hall–Kier alpha value is -0.650. The lowest BCUT2D eigenvalue weighted by atomic mass is 9.75. The second kappa shape index (κ2) is 5.77. The molecule has 0 aromatic carbocycles. The van der Waals surface area contributed by atoms with Crippen molar-refractivity contribution in [2.24, 2.45) is 17.8 Å². The summed E-state index contributed by atoms with van der Waals surface area (Å²) >= 11 is 0. The van der Waals surface area contributed by atoms with E-state index in [-0.39, 0.29) is 6.10 Å². The van der Waals surface area contributed by atoms with Gasteiger partial charge in [0.2, 0.25) is 6.29 Å². The van der Waals surface area contributed by atoms with Crippen molar-refractivity contribution in [3.05, 3.63) is 0 Å². The molecule has 110 valence electrons. The van der Waals surface area contributed by atoms with E-state index in [1.54, 1.807) is 0 Å². The van der Waals surface area contributed by atoms with Crippen LogP contribution in [0.25, 0.3) is 0 Å². The van der Waals surface area contributed by atoms with Gasteiger partial charge < -0.3 is 19.7 Å². The molecule has 1 saturated carbocycles. The molecule has 6 atom stereocenters. The zero-order chi connectivity index (χ0) is 14.2. The lowest BCUT2D eigenvalue weighted by Gasteiger charge is -2.38. The summed E-state index contributed by atoms with van der Waals surface area (Å²) in [6, 6.07) is 0. The van der Waals surface area contributed by atoms with Crippen LogP contribution in [0.4, 0.5) is 0 Å². The SMILES string of the molecule is CC(C)[C@@H]1CC[C@@H](C)C[C@H]1O[C@H]1OC(=O)[C@H](O)[C@@H]1O. The number of esters is 1. The Balaban J connectivity index is 2.01. The molecule has 0 bridgehead atoms. The van der Waals surface area contributed by atoms with Crippen LogP contribution in [0.2, 0.25) is 0 Å². The number of carbonyl (C=O) groups is 1. The molecule has 5 heteroatoms. The molecular formula is C14H24O5. The second-order valence-electron chi connectivity index (χ2n) is 6.24. The first-order valence-electron chi connectivity index (χ1n) is 7.12. The monoisotopic (exact) mass is 272 g/mol. The van der Waals surface area contributed by atoms with E-state index in [9.17, 15) is 15.0 Å². The molecule has 1 saturated heterocycles. The topological polar surface area (TPSA) is 76.0 Å². The normalized spacial score (nSPS) is 43.6. The van der Waals surface area contributed by atoms with Crippen molar-refractivity contribution in [2.75, 3.05) is 0 Å². The van der Waals surface area contributed by atoms with E-state index in [0.717, 1.165) is 12.8 Å². The van der Waals surface area contributed by atoms with Crippen LogP contribution in [0.3, 0.4) is 0 Å². The summed E-state index contributed by atoms with van der Waals surface area (Å²) in [6.45, 7) is 6.49. The molecule has 2 fully saturated rings. The van der Waals surface area contributed by atoms with Gasteiger partial charge in [0.25, 0.3) is 0 Å². The maximum atomic E-state index is 11.2. The van der Waals surface area contributed by atoms with Gasteiger partial charge in [-0.05, 0) is 30.6 Å². The van der Waals surface area contributed by atoms with Crippen LogP contribution in [-0.4, -0.2) is 40.8 Å². The first-order valence-corrected chi connectivity index (χ1v) is 7.12. The highest BCUT2D eigenvalue weighted by Gasteiger charge is 2.46. The van der Waals surface area contributed by atoms with Crippen LogP contribution < -0.4 is 0 Å². The number of ether oxygens (including phenoxy) is 2. The van der Waals surface area contributed by atoms with Gasteiger partial charge in [0, 0.05) is 0 Å². The average Bonchev–Trinajstić information content (AvgIpc) is 2.57. The molecule has 1 aliphatic carbocycles. The molecule has 5 nitrogen and oxygen atoms in total. The smallest absolute Gasteiger partial charge is 0.340 e. The Morgan fingerprint density at radius 1 is 1.32 bits per heavy atom. The Labute approximate surface area is 113 Å². The van der Waals surface area contributed by atoms with E-state index < -0.39 is 24.5 Å². The van der Waals surface area contributed by atoms with Crippen molar-refractivity contribution < 1.29 is 24.5 Å². The number of carbonyl (C=O) groups excluding carboxylic acids is 1. The largest absolute Gasteiger partial charge is 0.431 e. The lowest BCUT2D eigenvalue weighted by molar-refractivity contribution is -0.205. The fourth-order valence-corrected chi connectivity index (χ4v) is 3.09. The molecule has 0 aromatic rings. The molecule has 0 radical (unpaired) electrons. The van der Waals surface area contributed by atoms with E-state index >= 15 is 0 Å². The first-order chi connectivity index (χ1) is 8.90. The highest BCUT2D eigenvalue weighted by molar-refractivity contribution is 5.77. The number of cyclic esters (lactones) is 1. The molecule has 19 heavy (non-hydrogen) atoms. The molecule has 0 spiro atoms. The maximum Gasteiger partial charge on any atom is 0.340 e. The predicted octanol–water partition coefficient (Wildman–Crippen LogP) is 1.07. The average molecular weight is 272 g/mol. The Bertz CT molecular complexity index is 330. The molecule has 0 amide bonds. The zero-order valence-corrected chi connectivity index (χ0v) is 11.8. The minimum atomic E-state index is -1.48. The third-order valence-electron chi connectivity index (χ3n) is 4.35. The van der Waals surface area contributed by atoms with Gasteiger partial charge in [-0.1, -0.05) is 27.2 Å². The number of hydrogen-bond acceptors (Lipinski definition) is 5. The molecule has 2 aliphatic rings. The fourth-order valence-electron chi connectivity index (χ4n) is 3.09. The van der Waals surface area contributed by atoms with Crippen LogP contribution in [0.15, 0.2) is 0 Å². The van der Waals surface area contributed by atoms with Crippen LogP contribution in [0.1, 0.15) is 40.0 Å². The van der Waals surface area contributed by atoms with E-state index in [1.807, 2.05) is 0 Å². The molecule has 2 rings (SSSR count). The standard InChI is InChI=1S/C14H24O5/c1-7(2)9-5-4-8(3)6-10(9)18-14-12(16)11(15)13(17)19-14/h7-12,14-16H,4-6H2,1-3H3/t8-,9+,10-,11-,12+,14+/m1/s1. The van der Waals surface area contributed by atoms with E-state index in [0.29, 0.717) is 17.8 Å². The van der Waals surface area contributed by atoms with E-state index in [1.165, 1.54) is 6.42 Å². The summed E-state index contributed by atoms with van der Waals surface area (Å²) in [5, 5.41) is 19.1. The number of hydrogen-bond donors (Lipinski definition) is 2. The van der Waals surface area contributed by atoms with Crippen LogP contribution >= 0.6 is 0 Å². The third-order valence-corrected chi connectivity index (χ3v) is 4.35. The third kappa shape index (κ3) is 3.09. The molecule has 2 N–H and O–H groups in total. The summed E-state index contributed by atoms with van der Waals surface area (Å²) in [5.74, 6) is 0.651. The minimum Gasteiger partial charge on any atom is -0.431 e. The Kier molecular flexibility index (Phi) is 4.48. The minimum absolute atomic E-state index is 0.0264. The van der Waals surface area contributed by atoms with Gasteiger partial charge in [0.15, 0.2) is 12.2 Å². The fraction of sp³-hybridized carbons (Fsp3) is 0.929. The van der Waals surface area contributed by atoms with E-state index in [2.05, 4.69) is 20.8 Å². The van der Waals surface area contributed by atoms with Gasteiger partial charge in [0.05, 0.1) is 6.10 Å². The van der Waals surface area contributed by atoms with Crippen LogP contribution in [0.5, 0.6) is 0 Å². The van der Waals surface area contributed by atoms with Crippen LogP contribution in [0, 0.1) is 17.8 Å². The van der Waals surface area contributed by atoms with Crippen molar-refractivity contribution in [1.82, 2.24) is 0 Å². The number of aliphatic hydroxyl groups excluding tert-OH is 2. The lowest BCUT2D eigenvalue weighted by Crippen LogP contribution is -2.41. The van der Waals surface area contributed by atoms with Gasteiger partial charge in [-0.25, -0.2) is 4.79 Å². The van der Waals surface area contributed by atoms with Gasteiger partial charge in [0.1, 0.15) is 0 Å². The molecular weight excluding hydrogens is 248 g/mol. The molecule has 1 aliphatic heterocycles. The Morgan fingerprint density at radius 3 is 2.53 bits per heavy atom. The molecule has 0 aromatic heterocycles. The number of aliphatic hydroxyl groups is 2. The van der Waals surface area contributed by atoms with Crippen molar-refractivity contribution in [3.8, 4) is 0 Å². The predicted molar refractivity (Wildman–Crippen MR) is 68.1 cm³/mol. The molecule has 0 unspecified atom stereocenters. The van der Waals surface area contributed by atoms with Gasteiger partial charge >= 0.3 is 5.97 Å². The molecule has 1 heterocycles. The Morgan fingerprint density at radius 2 is 2.00 bits per heavy atom. The first kappa shape index (κ1) is 14.8. The summed E-state index contributed by atoms with van der Waals surface area (Å²) in [4.78, 5) is 11.2. The van der Waals surface area contributed by atoms with E-state index in [4.69, 9.17) is 9.47 Å². The second-order valence-corrected chi connectivity index (χ2v) is 6.24. The van der Waals surface area contributed by atoms with Crippen molar-refractivity contribution >= 4 is 5.97 Å². The quantitative estimate of drug-likeness (QED) is 0.752. The zero-order valence-electron chi connectivity index (χ0n) is 11.8. The number of rotatable bonds is 3. The van der Waals surface area contributed by atoms with Crippen molar-refractivity contribution in [1.29, 1.82) is 0 Å². The summed E-state index contributed by atoms with van der Waals surface area (Å²) in [5.41, 5.74) is 0. The van der Waals surface area contributed by atoms with Gasteiger partial charge in [-0.15, -0.1) is 0 Å². The van der Waals surface area contributed by atoms with Crippen molar-refractivity contribution in [3.63, 3.8) is 0 Å². The van der Waals surface area contributed by atoms with Crippen molar-refractivity contribution in [2.45, 2.75) is 64.6 Å². The van der Waals surface area contributed by atoms with Crippen LogP contribution in [-0.2, 0) is 14.3 Å². The maximum absolute atomic E-state index is 11.2. The summed E-state index contributed by atoms with van der Waals surface area (Å²) in [7, 11) is 0.